The van der Waals surface area contributed by atoms with Gasteiger partial charge < -0.3 is 10.2 Å². The van der Waals surface area contributed by atoms with E-state index < -0.39 is 0 Å². The minimum Gasteiger partial charge on any atom is -0.355 e. The Kier molecular flexibility index (Phi) is 4.22. The van der Waals surface area contributed by atoms with Crippen LogP contribution >= 0.6 is 0 Å². The van der Waals surface area contributed by atoms with Crippen LogP contribution in [0.15, 0.2) is 0 Å². The molecule has 0 aliphatic carbocycles. The molecule has 1 fully saturated rings. The van der Waals surface area contributed by atoms with Crippen molar-refractivity contribution in [3.63, 3.8) is 0 Å². The Bertz CT molecular complexity index is 170. The smallest absolute Gasteiger partial charge is 0.216 e. The van der Waals surface area contributed by atoms with Gasteiger partial charge in [-0.25, -0.2) is 0 Å². The van der Waals surface area contributed by atoms with Gasteiger partial charge in [-0.1, -0.05) is 6.92 Å². The minimum absolute atomic E-state index is 0.0741. The van der Waals surface area contributed by atoms with Crippen LogP contribution in [0.3, 0.4) is 0 Å². The Labute approximate surface area is 80.5 Å². The molecule has 1 saturated heterocycles. The van der Waals surface area contributed by atoms with Crippen LogP contribution in [-0.2, 0) is 4.79 Å². The molecule has 3 heteroatoms. The second-order valence-electron chi connectivity index (χ2n) is 4.03. The summed E-state index contributed by atoms with van der Waals surface area (Å²) in [5.74, 6) is 0.899. The zero-order valence-corrected chi connectivity index (χ0v) is 8.68. The average Bonchev–Trinajstić information content (AvgIpc) is 2.03. The number of carbonyl (C=O) groups is 1. The summed E-state index contributed by atoms with van der Waals surface area (Å²) in [7, 11) is 0. The molecule has 1 unspecified atom stereocenters. The Hall–Kier alpha value is -0.570. The molecule has 13 heavy (non-hydrogen) atoms. The molecule has 3 nitrogen and oxygen atoms in total. The molecule has 0 spiro atoms. The lowest BCUT2D eigenvalue weighted by molar-refractivity contribution is -0.119. The van der Waals surface area contributed by atoms with Gasteiger partial charge in [-0.2, -0.15) is 0 Å². The van der Waals surface area contributed by atoms with E-state index in [2.05, 4.69) is 17.1 Å². The zero-order valence-electron chi connectivity index (χ0n) is 8.68. The highest BCUT2D eigenvalue weighted by atomic mass is 16.1. The first kappa shape index (κ1) is 10.5. The molecule has 1 aliphatic rings. The van der Waals surface area contributed by atoms with E-state index in [1.807, 2.05) is 0 Å². The van der Waals surface area contributed by atoms with Crippen LogP contribution in [0.2, 0.25) is 0 Å². The molecule has 1 N–H and O–H groups in total. The van der Waals surface area contributed by atoms with Gasteiger partial charge in [0.15, 0.2) is 0 Å². The highest BCUT2D eigenvalue weighted by Gasteiger charge is 2.15. The summed E-state index contributed by atoms with van der Waals surface area (Å²) >= 11 is 0. The van der Waals surface area contributed by atoms with E-state index in [0.717, 1.165) is 19.0 Å². The first-order valence-corrected chi connectivity index (χ1v) is 5.15. The summed E-state index contributed by atoms with van der Waals surface area (Å²) in [6, 6.07) is 0. The van der Waals surface area contributed by atoms with Gasteiger partial charge in [-0.05, 0) is 25.3 Å². The number of carbonyl (C=O) groups excluding carboxylic acids is 1. The molecule has 0 aromatic carbocycles. The normalized spacial score (nSPS) is 24.3. The van der Waals surface area contributed by atoms with Crippen molar-refractivity contribution in [3.8, 4) is 0 Å². The van der Waals surface area contributed by atoms with Gasteiger partial charge in [-0.15, -0.1) is 0 Å². The minimum atomic E-state index is 0.0741. The quantitative estimate of drug-likeness (QED) is 0.705. The molecule has 1 atom stereocenters. The first-order chi connectivity index (χ1) is 6.18. The zero-order chi connectivity index (χ0) is 9.68. The van der Waals surface area contributed by atoms with Gasteiger partial charge in [0.05, 0.1) is 0 Å². The van der Waals surface area contributed by atoms with Crippen molar-refractivity contribution in [1.82, 2.24) is 10.2 Å². The summed E-state index contributed by atoms with van der Waals surface area (Å²) < 4.78 is 0. The number of rotatable bonds is 3. The predicted octanol–water partition coefficient (Wildman–Crippen LogP) is 0.854. The molecule has 0 aromatic rings. The average molecular weight is 184 g/mol. The summed E-state index contributed by atoms with van der Waals surface area (Å²) in [5, 5.41) is 2.83. The second kappa shape index (κ2) is 5.22. The van der Waals surface area contributed by atoms with Crippen LogP contribution in [0.5, 0.6) is 0 Å². The summed E-state index contributed by atoms with van der Waals surface area (Å²) in [4.78, 5) is 13.1. The van der Waals surface area contributed by atoms with Crippen LogP contribution < -0.4 is 5.32 Å². The van der Waals surface area contributed by atoms with E-state index in [4.69, 9.17) is 0 Å². The molecule has 0 bridgehead atoms. The number of likely N-dealkylation sites (tertiary alicyclic amines) is 1. The van der Waals surface area contributed by atoms with Crippen molar-refractivity contribution in [2.45, 2.75) is 26.7 Å². The molecular formula is C10H20N2O. The highest BCUT2D eigenvalue weighted by Crippen LogP contribution is 2.14. The molecular weight excluding hydrogens is 164 g/mol. The number of nitrogens with zero attached hydrogens (tertiary/aromatic N) is 1. The van der Waals surface area contributed by atoms with E-state index in [1.165, 1.54) is 25.9 Å². The lowest BCUT2D eigenvalue weighted by Crippen LogP contribution is -2.39. The number of piperidine rings is 1. The van der Waals surface area contributed by atoms with Crippen molar-refractivity contribution in [1.29, 1.82) is 0 Å². The van der Waals surface area contributed by atoms with Gasteiger partial charge in [0.1, 0.15) is 0 Å². The molecule has 1 heterocycles. The van der Waals surface area contributed by atoms with E-state index in [9.17, 15) is 4.79 Å². The third-order valence-electron chi connectivity index (χ3n) is 2.54. The fourth-order valence-corrected chi connectivity index (χ4v) is 1.88. The molecule has 76 valence electrons. The summed E-state index contributed by atoms with van der Waals surface area (Å²) in [6.07, 6.45) is 2.66. The molecule has 0 aromatic heterocycles. The number of hydrogen-bond donors (Lipinski definition) is 1. The van der Waals surface area contributed by atoms with Gasteiger partial charge in [-0.3, -0.25) is 4.79 Å². The van der Waals surface area contributed by atoms with Crippen LogP contribution in [-0.4, -0.2) is 37.0 Å². The van der Waals surface area contributed by atoms with E-state index in [-0.39, 0.29) is 5.91 Å². The Morgan fingerprint density at radius 3 is 3.00 bits per heavy atom. The number of hydrogen-bond acceptors (Lipinski definition) is 2. The van der Waals surface area contributed by atoms with Crippen molar-refractivity contribution in [2.24, 2.45) is 5.92 Å². The topological polar surface area (TPSA) is 32.3 Å². The maximum absolute atomic E-state index is 10.6. The maximum atomic E-state index is 10.6. The number of amides is 1. The molecule has 0 radical (unpaired) electrons. The monoisotopic (exact) mass is 184 g/mol. The highest BCUT2D eigenvalue weighted by molar-refractivity contribution is 5.72. The third-order valence-corrected chi connectivity index (χ3v) is 2.54. The summed E-state index contributed by atoms with van der Waals surface area (Å²) in [6.45, 7) is 8.05. The SMILES string of the molecule is CC(=O)NCCN1CCCC(C)C1. The Morgan fingerprint density at radius 1 is 1.62 bits per heavy atom. The molecule has 1 aliphatic heterocycles. The standard InChI is InChI=1S/C10H20N2O/c1-9-4-3-6-12(8-9)7-5-11-10(2)13/h9H,3-8H2,1-2H3,(H,11,13). The largest absolute Gasteiger partial charge is 0.355 e. The lowest BCUT2D eigenvalue weighted by Gasteiger charge is -2.30. The van der Waals surface area contributed by atoms with Crippen molar-refractivity contribution >= 4 is 5.91 Å². The van der Waals surface area contributed by atoms with Gasteiger partial charge in [0, 0.05) is 26.6 Å². The summed E-state index contributed by atoms with van der Waals surface area (Å²) in [5.41, 5.74) is 0. The molecule has 1 amide bonds. The van der Waals surface area contributed by atoms with Crippen molar-refractivity contribution < 1.29 is 4.79 Å². The van der Waals surface area contributed by atoms with Gasteiger partial charge >= 0.3 is 0 Å². The van der Waals surface area contributed by atoms with Crippen LogP contribution in [0.25, 0.3) is 0 Å². The van der Waals surface area contributed by atoms with E-state index in [1.54, 1.807) is 6.92 Å². The van der Waals surface area contributed by atoms with Crippen molar-refractivity contribution in [3.05, 3.63) is 0 Å². The van der Waals surface area contributed by atoms with Gasteiger partial charge in [0.2, 0.25) is 5.91 Å². The van der Waals surface area contributed by atoms with Crippen LogP contribution in [0, 0.1) is 5.92 Å². The Morgan fingerprint density at radius 2 is 2.38 bits per heavy atom. The lowest BCUT2D eigenvalue weighted by atomic mass is 10.0. The predicted molar refractivity (Wildman–Crippen MR) is 53.5 cm³/mol. The molecule has 1 rings (SSSR count). The van der Waals surface area contributed by atoms with E-state index in [0.29, 0.717) is 0 Å². The third kappa shape index (κ3) is 4.27. The van der Waals surface area contributed by atoms with Crippen LogP contribution in [0.1, 0.15) is 26.7 Å². The Balaban J connectivity index is 2.10. The van der Waals surface area contributed by atoms with Crippen molar-refractivity contribution in [2.75, 3.05) is 26.2 Å². The number of nitrogens with one attached hydrogen (secondary N) is 1. The van der Waals surface area contributed by atoms with Crippen LogP contribution in [0.4, 0.5) is 0 Å². The fourth-order valence-electron chi connectivity index (χ4n) is 1.88. The van der Waals surface area contributed by atoms with E-state index >= 15 is 0 Å². The first-order valence-electron chi connectivity index (χ1n) is 5.15. The second-order valence-corrected chi connectivity index (χ2v) is 4.03. The van der Waals surface area contributed by atoms with Gasteiger partial charge in [0.25, 0.3) is 0 Å². The fraction of sp³-hybridized carbons (Fsp3) is 0.900. The molecule has 0 saturated carbocycles. The maximum Gasteiger partial charge on any atom is 0.216 e.